The number of fused-ring (bicyclic) bond motifs is 2. The van der Waals surface area contributed by atoms with Gasteiger partial charge in [0.15, 0.2) is 0 Å². The first-order valence-corrected chi connectivity index (χ1v) is 9.82. The lowest BCUT2D eigenvalue weighted by atomic mass is 9.54. The van der Waals surface area contributed by atoms with Crippen LogP contribution in [0.2, 0.25) is 0 Å². The number of allylic oxidation sites excluding steroid dienone is 3. The van der Waals surface area contributed by atoms with Gasteiger partial charge in [-0.2, -0.15) is 0 Å². The van der Waals surface area contributed by atoms with Crippen LogP contribution in [0.25, 0.3) is 0 Å². The van der Waals surface area contributed by atoms with Crippen LogP contribution in [0.5, 0.6) is 0 Å². The highest BCUT2D eigenvalue weighted by atomic mass is 16.5. The molecule has 3 unspecified atom stereocenters. The molecule has 0 radical (unpaired) electrons. The van der Waals surface area contributed by atoms with Crippen LogP contribution in [0.4, 0.5) is 0 Å². The van der Waals surface area contributed by atoms with Crippen molar-refractivity contribution < 1.29 is 14.6 Å². The van der Waals surface area contributed by atoms with Gasteiger partial charge < -0.3 is 9.84 Å². The van der Waals surface area contributed by atoms with Gasteiger partial charge in [0.2, 0.25) is 0 Å². The van der Waals surface area contributed by atoms with Crippen LogP contribution in [-0.2, 0) is 9.53 Å². The fraction of sp³-hybridized carbons (Fsp3) is 0.773. The number of carbonyl (C=O) groups is 1. The van der Waals surface area contributed by atoms with Crippen molar-refractivity contribution in [3.63, 3.8) is 0 Å². The summed E-state index contributed by atoms with van der Waals surface area (Å²) in [5, 5.41) is 11.0. The largest absolute Gasteiger partial charge is 0.461 e. The summed E-state index contributed by atoms with van der Waals surface area (Å²) in [6, 6.07) is 0. The Morgan fingerprint density at radius 1 is 1.24 bits per heavy atom. The van der Waals surface area contributed by atoms with Crippen LogP contribution in [0.15, 0.2) is 23.3 Å². The van der Waals surface area contributed by atoms with Crippen LogP contribution in [-0.4, -0.2) is 23.3 Å². The van der Waals surface area contributed by atoms with Gasteiger partial charge in [-0.15, -0.1) is 0 Å². The Morgan fingerprint density at radius 3 is 2.64 bits per heavy atom. The maximum Gasteiger partial charge on any atom is 0.302 e. The Balaban J connectivity index is 2.26. The first-order valence-electron chi connectivity index (χ1n) is 9.82. The molecule has 2 rings (SSSR count). The number of esters is 1. The van der Waals surface area contributed by atoms with E-state index in [0.717, 1.165) is 44.9 Å². The van der Waals surface area contributed by atoms with Gasteiger partial charge in [0, 0.05) is 6.92 Å². The molecule has 2 bridgehead atoms. The molecule has 1 fully saturated rings. The zero-order chi connectivity index (χ0) is 18.7. The van der Waals surface area contributed by atoms with Crippen molar-refractivity contribution in [2.24, 2.45) is 17.3 Å². The Hall–Kier alpha value is -1.09. The van der Waals surface area contributed by atoms with E-state index in [9.17, 15) is 9.90 Å². The fourth-order valence-corrected chi connectivity index (χ4v) is 4.92. The molecule has 0 heterocycles. The second-order valence-corrected chi connectivity index (χ2v) is 8.97. The zero-order valence-electron chi connectivity index (χ0n) is 16.7. The van der Waals surface area contributed by atoms with E-state index >= 15 is 0 Å². The number of carbonyl (C=O) groups excluding carboxylic acids is 1. The summed E-state index contributed by atoms with van der Waals surface area (Å²) >= 11 is 0. The summed E-state index contributed by atoms with van der Waals surface area (Å²) in [7, 11) is 0. The zero-order valence-corrected chi connectivity index (χ0v) is 16.7. The molecule has 1 N–H and O–H groups in total. The van der Waals surface area contributed by atoms with E-state index in [-0.39, 0.29) is 11.4 Å². The van der Waals surface area contributed by atoms with Gasteiger partial charge >= 0.3 is 5.97 Å². The minimum absolute atomic E-state index is 0.101. The molecule has 0 aromatic heterocycles. The predicted octanol–water partition coefficient (Wildman–Crippen LogP) is 5.19. The summed E-state index contributed by atoms with van der Waals surface area (Å²) < 4.78 is 5.25. The molecule has 0 aromatic rings. The molecule has 25 heavy (non-hydrogen) atoms. The van der Waals surface area contributed by atoms with Crippen molar-refractivity contribution in [2.45, 2.75) is 85.2 Å². The van der Waals surface area contributed by atoms with Crippen molar-refractivity contribution >= 4 is 5.97 Å². The van der Waals surface area contributed by atoms with E-state index in [0.29, 0.717) is 18.4 Å². The Labute approximate surface area is 153 Å². The first-order chi connectivity index (χ1) is 11.6. The molecular formula is C22H36O3. The van der Waals surface area contributed by atoms with Gasteiger partial charge in [0.25, 0.3) is 0 Å². The van der Waals surface area contributed by atoms with Crippen molar-refractivity contribution in [1.82, 2.24) is 0 Å². The third kappa shape index (κ3) is 5.20. The van der Waals surface area contributed by atoms with Gasteiger partial charge in [-0.05, 0) is 81.6 Å². The third-order valence-electron chi connectivity index (χ3n) is 6.64. The standard InChI is InChI=1S/C22H36O3/c1-16-7-6-8-18(15-25-17(2)23)10-11-19-13-14-22(5,24)20(12-9-16)21(19,3)4/h7,10,19-20,24H,6,8-9,11-15H2,1-5H3. The maximum absolute atomic E-state index is 11.2. The summed E-state index contributed by atoms with van der Waals surface area (Å²) in [5.74, 6) is 0.661. The van der Waals surface area contributed by atoms with Crippen LogP contribution < -0.4 is 0 Å². The van der Waals surface area contributed by atoms with E-state index in [1.54, 1.807) is 0 Å². The van der Waals surface area contributed by atoms with Crippen molar-refractivity contribution in [2.75, 3.05) is 6.61 Å². The summed E-state index contributed by atoms with van der Waals surface area (Å²) in [6.45, 7) is 10.8. The molecule has 0 saturated heterocycles. The molecular weight excluding hydrogens is 312 g/mol. The molecule has 0 amide bonds. The molecule has 2 aliphatic carbocycles. The minimum atomic E-state index is -0.575. The number of rotatable bonds is 2. The van der Waals surface area contributed by atoms with Gasteiger partial charge in [-0.1, -0.05) is 31.6 Å². The van der Waals surface area contributed by atoms with Crippen LogP contribution >= 0.6 is 0 Å². The number of aliphatic hydroxyl groups is 1. The van der Waals surface area contributed by atoms with Crippen molar-refractivity contribution in [3.05, 3.63) is 23.3 Å². The lowest BCUT2D eigenvalue weighted by Crippen LogP contribution is -2.51. The van der Waals surface area contributed by atoms with Gasteiger partial charge in [-0.25, -0.2) is 0 Å². The molecule has 3 heteroatoms. The van der Waals surface area contributed by atoms with Gasteiger partial charge in [0.05, 0.1) is 5.60 Å². The van der Waals surface area contributed by atoms with E-state index < -0.39 is 5.60 Å². The topological polar surface area (TPSA) is 46.5 Å². The highest BCUT2D eigenvalue weighted by Crippen LogP contribution is 2.53. The van der Waals surface area contributed by atoms with E-state index in [2.05, 4.69) is 32.9 Å². The van der Waals surface area contributed by atoms with E-state index in [1.807, 2.05) is 6.92 Å². The SMILES string of the molecule is CC(=O)OCC1=CCC2CCC(C)(O)C(CCC(C)=CCC1)C2(C)C. The molecule has 3 nitrogen and oxygen atoms in total. The Bertz CT molecular complexity index is 539. The Morgan fingerprint density at radius 2 is 1.96 bits per heavy atom. The fourth-order valence-electron chi connectivity index (χ4n) is 4.92. The summed E-state index contributed by atoms with van der Waals surface area (Å²) in [5.41, 5.74) is 2.16. The molecule has 2 aliphatic rings. The van der Waals surface area contributed by atoms with Crippen molar-refractivity contribution in [1.29, 1.82) is 0 Å². The first kappa shape index (κ1) is 20.2. The molecule has 0 aromatic carbocycles. The number of hydrogen-bond donors (Lipinski definition) is 1. The van der Waals surface area contributed by atoms with Gasteiger partial charge in [-0.3, -0.25) is 4.79 Å². The van der Waals surface area contributed by atoms with E-state index in [4.69, 9.17) is 4.74 Å². The second kappa shape index (κ2) is 8.07. The van der Waals surface area contributed by atoms with Crippen LogP contribution in [0, 0.1) is 17.3 Å². The van der Waals surface area contributed by atoms with Gasteiger partial charge in [0.1, 0.15) is 6.61 Å². The number of ether oxygens (including phenoxy) is 1. The second-order valence-electron chi connectivity index (χ2n) is 8.97. The average Bonchev–Trinajstić information content (AvgIpc) is 2.49. The Kier molecular flexibility index (Phi) is 6.53. The highest BCUT2D eigenvalue weighted by molar-refractivity contribution is 5.66. The molecule has 142 valence electrons. The molecule has 0 spiro atoms. The smallest absolute Gasteiger partial charge is 0.302 e. The number of hydrogen-bond acceptors (Lipinski definition) is 3. The third-order valence-corrected chi connectivity index (χ3v) is 6.64. The monoisotopic (exact) mass is 348 g/mol. The van der Waals surface area contributed by atoms with Crippen molar-refractivity contribution in [3.8, 4) is 0 Å². The summed E-state index contributed by atoms with van der Waals surface area (Å²) in [6.07, 6.45) is 11.6. The molecule has 0 aliphatic heterocycles. The average molecular weight is 349 g/mol. The lowest BCUT2D eigenvalue weighted by molar-refractivity contribution is -0.140. The summed E-state index contributed by atoms with van der Waals surface area (Å²) in [4.78, 5) is 11.2. The quantitative estimate of drug-likeness (QED) is 0.552. The predicted molar refractivity (Wildman–Crippen MR) is 102 cm³/mol. The lowest BCUT2D eigenvalue weighted by Gasteiger charge is -2.53. The molecule has 3 atom stereocenters. The van der Waals surface area contributed by atoms with Crippen LogP contribution in [0.1, 0.15) is 79.6 Å². The molecule has 1 saturated carbocycles. The van der Waals surface area contributed by atoms with Crippen LogP contribution in [0.3, 0.4) is 0 Å². The maximum atomic E-state index is 11.2. The normalized spacial score (nSPS) is 33.4. The minimum Gasteiger partial charge on any atom is -0.461 e. The highest BCUT2D eigenvalue weighted by Gasteiger charge is 2.49. The van der Waals surface area contributed by atoms with E-state index in [1.165, 1.54) is 18.1 Å².